The van der Waals surface area contributed by atoms with Crippen LogP contribution in [-0.4, -0.2) is 114 Å². The highest BCUT2D eigenvalue weighted by Crippen LogP contribution is 2.43. The van der Waals surface area contributed by atoms with Gasteiger partial charge in [-0.2, -0.15) is 15.1 Å². The minimum absolute atomic E-state index is 0.00830. The average Bonchev–Trinajstić information content (AvgIpc) is 3.82. The lowest BCUT2D eigenvalue weighted by Gasteiger charge is -2.30. The highest BCUT2D eigenvalue weighted by molar-refractivity contribution is 6.33. The summed E-state index contributed by atoms with van der Waals surface area (Å²) in [4.78, 5) is 42.9. The quantitative estimate of drug-likeness (QED) is 0.142. The van der Waals surface area contributed by atoms with Gasteiger partial charge in [0.2, 0.25) is 11.8 Å². The fourth-order valence-electron chi connectivity index (χ4n) is 9.41. The normalized spacial score (nSPS) is 23.8. The molecule has 8 rings (SSSR count). The van der Waals surface area contributed by atoms with Gasteiger partial charge in [0, 0.05) is 67.3 Å². The number of hydrogen-bond acceptors (Lipinski definition) is 11. The lowest BCUT2D eigenvalue weighted by molar-refractivity contribution is -0.122. The van der Waals surface area contributed by atoms with Gasteiger partial charge in [-0.25, -0.2) is 18.3 Å². The summed E-state index contributed by atoms with van der Waals surface area (Å²) in [6, 6.07) is 1.43. The number of benzene rings is 1. The molecular formula is C43H55ClF2N8O6. The summed E-state index contributed by atoms with van der Waals surface area (Å²) >= 11 is 7.10. The average molecular weight is 853 g/mol. The van der Waals surface area contributed by atoms with Crippen molar-refractivity contribution in [3.63, 3.8) is 0 Å². The highest BCUT2D eigenvalue weighted by Gasteiger charge is 2.49. The van der Waals surface area contributed by atoms with Crippen LogP contribution in [0.5, 0.6) is 11.9 Å². The molecular weight excluding hydrogens is 798 g/mol. The van der Waals surface area contributed by atoms with Crippen LogP contribution in [-0.2, 0) is 20.7 Å². The zero-order chi connectivity index (χ0) is 42.2. The second-order valence-electron chi connectivity index (χ2n) is 17.8. The number of aromatic hydroxyl groups is 1. The molecule has 4 aliphatic rings. The van der Waals surface area contributed by atoms with Gasteiger partial charge in [-0.15, -0.1) is 0 Å². The predicted octanol–water partition coefficient (Wildman–Crippen LogP) is 7.81. The van der Waals surface area contributed by atoms with Crippen LogP contribution in [0.25, 0.3) is 33.1 Å². The standard InChI is InChI=1S/C43H55ClF2N8O6/c1-42(2,3)60-41(57)52-16-8-6-11-27(24-52)49-33(55)13-5-4-12-28-31(44)19-32-29(22-48-54(32)34-14-7-9-18-58-34)35(28)38-36(46)37-30(21-47-38)39(56)51-40(50-37)59-25-43-15-10-17-53(43)23-26(45)20-43/h19,21-22,26-27,34H,4-18,20,23-25H2,1-3H3,(H,49,55)(H,50,51,56)/t26-,27-,34?,43+/m1/s1. The molecule has 4 aliphatic heterocycles. The number of aromatic nitrogens is 5. The molecule has 7 heterocycles. The van der Waals surface area contributed by atoms with Gasteiger partial charge in [-0.3, -0.25) is 14.7 Å². The molecule has 17 heteroatoms. The molecule has 4 saturated heterocycles. The Labute approximate surface area is 353 Å². The maximum absolute atomic E-state index is 17.1. The molecule has 3 aromatic heterocycles. The number of likely N-dealkylation sites (tertiary alicyclic amines) is 1. The smallest absolute Gasteiger partial charge is 0.410 e. The maximum Gasteiger partial charge on any atom is 0.410 e. The summed E-state index contributed by atoms with van der Waals surface area (Å²) in [5.41, 5.74) is 0.418. The first-order valence-corrected chi connectivity index (χ1v) is 21.8. The summed E-state index contributed by atoms with van der Waals surface area (Å²) in [6.45, 7) is 8.31. The van der Waals surface area contributed by atoms with Crippen LogP contribution in [0.4, 0.5) is 13.6 Å². The highest BCUT2D eigenvalue weighted by atomic mass is 35.5. The van der Waals surface area contributed by atoms with E-state index in [-0.39, 0.29) is 59.9 Å². The SMILES string of the molecule is CC(C)(C)OC(=O)N1CCCC[C@@H](NC(=O)CCCCc2c(Cl)cc3c(cnn3C3CCCCO3)c2-c2ncc3c(O)nc(OC[C@@]45CCCN4C[C@H](F)C5)nc3c2F)C1. The van der Waals surface area contributed by atoms with Crippen molar-refractivity contribution in [1.29, 1.82) is 0 Å². The number of ether oxygens (including phenoxy) is 3. The summed E-state index contributed by atoms with van der Waals surface area (Å²) in [5.74, 6) is -1.39. The summed E-state index contributed by atoms with van der Waals surface area (Å²) in [5, 5.41) is 19.8. The van der Waals surface area contributed by atoms with Gasteiger partial charge in [-0.05, 0) is 110 Å². The molecule has 324 valence electrons. The second kappa shape index (κ2) is 17.5. The minimum atomic E-state index is -0.953. The predicted molar refractivity (Wildman–Crippen MR) is 221 cm³/mol. The van der Waals surface area contributed by atoms with E-state index >= 15 is 4.39 Å². The number of carbonyl (C=O) groups is 2. The van der Waals surface area contributed by atoms with E-state index in [9.17, 15) is 19.1 Å². The van der Waals surface area contributed by atoms with Gasteiger partial charge < -0.3 is 29.5 Å². The summed E-state index contributed by atoms with van der Waals surface area (Å²) < 4.78 is 51.0. The first-order valence-electron chi connectivity index (χ1n) is 21.4. The first-order chi connectivity index (χ1) is 28.8. The number of fused-ring (bicyclic) bond motifs is 3. The number of nitrogens with zero attached hydrogens (tertiary/aromatic N) is 7. The molecule has 2 amide bonds. The minimum Gasteiger partial charge on any atom is -0.493 e. The molecule has 0 spiro atoms. The van der Waals surface area contributed by atoms with Crippen molar-refractivity contribution in [3.05, 3.63) is 34.9 Å². The zero-order valence-electron chi connectivity index (χ0n) is 34.7. The molecule has 1 unspecified atom stereocenters. The number of rotatable bonds is 11. The molecule has 2 N–H and O–H groups in total. The fourth-order valence-corrected chi connectivity index (χ4v) is 9.70. The van der Waals surface area contributed by atoms with Crippen LogP contribution in [0.2, 0.25) is 5.02 Å². The zero-order valence-corrected chi connectivity index (χ0v) is 35.4. The number of unbranched alkanes of at least 4 members (excludes halogenated alkanes) is 1. The second-order valence-corrected chi connectivity index (χ2v) is 18.2. The van der Waals surface area contributed by atoms with Gasteiger partial charge >= 0.3 is 12.1 Å². The van der Waals surface area contributed by atoms with Gasteiger partial charge in [0.1, 0.15) is 29.6 Å². The van der Waals surface area contributed by atoms with Crippen LogP contribution in [0, 0.1) is 5.82 Å². The molecule has 4 fully saturated rings. The Morgan fingerprint density at radius 2 is 1.90 bits per heavy atom. The molecule has 0 aliphatic carbocycles. The van der Waals surface area contributed by atoms with Crippen LogP contribution in [0.1, 0.15) is 110 Å². The van der Waals surface area contributed by atoms with E-state index in [0.29, 0.717) is 79.0 Å². The third-order valence-corrected chi connectivity index (χ3v) is 12.6. The summed E-state index contributed by atoms with van der Waals surface area (Å²) in [6.07, 6.45) is 10.3. The lowest BCUT2D eigenvalue weighted by atomic mass is 9.94. The Balaban J connectivity index is 1.04. The van der Waals surface area contributed by atoms with Gasteiger partial charge in [0.15, 0.2) is 12.0 Å². The number of pyridine rings is 1. The van der Waals surface area contributed by atoms with E-state index in [1.54, 1.807) is 15.8 Å². The molecule has 0 bridgehead atoms. The van der Waals surface area contributed by atoms with Crippen molar-refractivity contribution in [1.82, 2.24) is 39.8 Å². The third kappa shape index (κ3) is 8.96. The molecule has 4 atom stereocenters. The summed E-state index contributed by atoms with van der Waals surface area (Å²) in [7, 11) is 0. The van der Waals surface area contributed by atoms with Crippen LogP contribution < -0.4 is 10.1 Å². The van der Waals surface area contributed by atoms with Crippen molar-refractivity contribution in [2.24, 2.45) is 0 Å². The van der Waals surface area contributed by atoms with E-state index < -0.39 is 29.0 Å². The Morgan fingerprint density at radius 1 is 1.07 bits per heavy atom. The molecule has 60 heavy (non-hydrogen) atoms. The van der Waals surface area contributed by atoms with Crippen molar-refractivity contribution in [2.45, 2.75) is 134 Å². The largest absolute Gasteiger partial charge is 0.493 e. The third-order valence-electron chi connectivity index (χ3n) is 12.3. The van der Waals surface area contributed by atoms with E-state index in [1.807, 2.05) is 26.8 Å². The Kier molecular flexibility index (Phi) is 12.3. The van der Waals surface area contributed by atoms with Crippen molar-refractivity contribution >= 4 is 45.4 Å². The Bertz CT molecular complexity index is 2230. The monoisotopic (exact) mass is 852 g/mol. The molecule has 14 nitrogen and oxygen atoms in total. The van der Waals surface area contributed by atoms with Crippen molar-refractivity contribution < 1.29 is 37.7 Å². The number of halogens is 3. The van der Waals surface area contributed by atoms with E-state index in [2.05, 4.69) is 25.2 Å². The van der Waals surface area contributed by atoms with Gasteiger partial charge in [-0.1, -0.05) is 11.6 Å². The van der Waals surface area contributed by atoms with Crippen LogP contribution in [0.3, 0.4) is 0 Å². The van der Waals surface area contributed by atoms with E-state index in [0.717, 1.165) is 57.9 Å². The topological polar surface area (TPSA) is 157 Å². The maximum atomic E-state index is 17.1. The van der Waals surface area contributed by atoms with E-state index in [1.165, 1.54) is 6.20 Å². The van der Waals surface area contributed by atoms with Crippen molar-refractivity contribution in [2.75, 3.05) is 39.4 Å². The molecule has 0 radical (unpaired) electrons. The lowest BCUT2D eigenvalue weighted by Crippen LogP contribution is -2.46. The van der Waals surface area contributed by atoms with Crippen LogP contribution in [0.15, 0.2) is 18.5 Å². The van der Waals surface area contributed by atoms with Gasteiger partial charge in [0.25, 0.3) is 0 Å². The number of alkyl halides is 1. The number of nitrogens with one attached hydrogen (secondary N) is 1. The first kappa shape index (κ1) is 42.3. The Morgan fingerprint density at radius 3 is 2.70 bits per heavy atom. The number of amides is 2. The fraction of sp³-hybridized carbons (Fsp3) is 0.628. The molecule has 4 aromatic rings. The van der Waals surface area contributed by atoms with Crippen LogP contribution >= 0.6 is 11.6 Å². The number of hydrogen-bond donors (Lipinski definition) is 2. The number of carbonyl (C=O) groups excluding carboxylic acids is 2. The van der Waals surface area contributed by atoms with Crippen molar-refractivity contribution in [3.8, 4) is 23.1 Å². The molecule has 0 saturated carbocycles. The van der Waals surface area contributed by atoms with E-state index in [4.69, 9.17) is 30.9 Å². The van der Waals surface area contributed by atoms with Gasteiger partial charge in [0.05, 0.1) is 22.6 Å². The molecule has 1 aromatic carbocycles. The Hall–Kier alpha value is -4.41.